The van der Waals surface area contributed by atoms with Gasteiger partial charge in [0.1, 0.15) is 17.3 Å². The third-order valence-electron chi connectivity index (χ3n) is 2.51. The highest BCUT2D eigenvalue weighted by atomic mass is 16.5. The molecule has 0 amide bonds. The molecule has 0 radical (unpaired) electrons. The van der Waals surface area contributed by atoms with Crippen LogP contribution in [0.1, 0.15) is 28.8 Å². The summed E-state index contributed by atoms with van der Waals surface area (Å²) >= 11 is 0. The first kappa shape index (κ1) is 13.1. The monoisotopic (exact) mass is 260 g/mol. The zero-order valence-electron chi connectivity index (χ0n) is 11.0. The molecule has 0 aliphatic heterocycles. The van der Waals surface area contributed by atoms with Gasteiger partial charge >= 0.3 is 5.97 Å². The molecule has 19 heavy (non-hydrogen) atoms. The number of carbonyl (C=O) groups is 1. The number of rotatable bonds is 5. The van der Waals surface area contributed by atoms with E-state index in [2.05, 4.69) is 10.3 Å². The lowest BCUT2D eigenvalue weighted by Gasteiger charge is -2.05. The maximum atomic E-state index is 11.4. The molecule has 5 nitrogen and oxygen atoms in total. The van der Waals surface area contributed by atoms with Crippen LogP contribution in [0.25, 0.3) is 0 Å². The van der Waals surface area contributed by atoms with E-state index in [-0.39, 0.29) is 5.97 Å². The molecular weight excluding hydrogens is 244 g/mol. The van der Waals surface area contributed by atoms with Gasteiger partial charge in [-0.05, 0) is 38.1 Å². The summed E-state index contributed by atoms with van der Waals surface area (Å²) in [6.07, 6.45) is 1.49. The third kappa shape index (κ3) is 3.58. The predicted octanol–water partition coefficient (Wildman–Crippen LogP) is 2.77. The second kappa shape index (κ2) is 6.04. The minimum Gasteiger partial charge on any atom is -0.465 e. The second-order valence-electron chi connectivity index (χ2n) is 4.02. The molecule has 2 rings (SSSR count). The fourth-order valence-electron chi connectivity index (χ4n) is 1.59. The molecule has 0 aliphatic rings. The average Bonchev–Trinajstić information content (AvgIpc) is 2.83. The smallest absolute Gasteiger partial charge is 0.339 e. The van der Waals surface area contributed by atoms with E-state index in [0.29, 0.717) is 24.5 Å². The van der Waals surface area contributed by atoms with Crippen molar-refractivity contribution in [3.8, 4) is 0 Å². The summed E-state index contributed by atoms with van der Waals surface area (Å²) in [4.78, 5) is 15.6. The van der Waals surface area contributed by atoms with Gasteiger partial charge in [-0.15, -0.1) is 0 Å². The van der Waals surface area contributed by atoms with E-state index in [4.69, 9.17) is 9.15 Å². The molecule has 5 heteroatoms. The molecule has 0 fully saturated rings. The largest absolute Gasteiger partial charge is 0.465 e. The van der Waals surface area contributed by atoms with Crippen molar-refractivity contribution in [2.24, 2.45) is 0 Å². The summed E-state index contributed by atoms with van der Waals surface area (Å²) in [5, 5.41) is 3.12. The Bertz CT molecular complexity index is 546. The Morgan fingerprint density at radius 3 is 2.79 bits per heavy atom. The van der Waals surface area contributed by atoms with Crippen molar-refractivity contribution in [3.63, 3.8) is 0 Å². The topological polar surface area (TPSA) is 64.4 Å². The van der Waals surface area contributed by atoms with E-state index >= 15 is 0 Å². The Labute approximate surface area is 111 Å². The van der Waals surface area contributed by atoms with E-state index in [1.165, 1.54) is 6.20 Å². The standard InChI is InChI=1S/C14H16N2O3/c1-3-18-14(17)11-5-7-13(15-8-11)16-9-12-6-4-10(2)19-12/h4-8H,3,9H2,1-2H3,(H,15,16). The number of pyridine rings is 1. The molecule has 0 bridgehead atoms. The summed E-state index contributed by atoms with van der Waals surface area (Å²) < 4.78 is 10.3. The quantitative estimate of drug-likeness (QED) is 0.837. The number of carbonyl (C=O) groups excluding carboxylic acids is 1. The SMILES string of the molecule is CCOC(=O)c1ccc(NCc2ccc(C)o2)nc1. The van der Waals surface area contributed by atoms with Crippen molar-refractivity contribution in [1.82, 2.24) is 4.98 Å². The number of ether oxygens (including phenoxy) is 1. The van der Waals surface area contributed by atoms with Gasteiger partial charge in [-0.2, -0.15) is 0 Å². The number of anilines is 1. The lowest BCUT2D eigenvalue weighted by atomic mass is 10.3. The number of hydrogen-bond acceptors (Lipinski definition) is 5. The highest BCUT2D eigenvalue weighted by Crippen LogP contribution is 2.10. The Morgan fingerprint density at radius 1 is 1.37 bits per heavy atom. The van der Waals surface area contributed by atoms with Crippen LogP contribution in [-0.4, -0.2) is 17.6 Å². The van der Waals surface area contributed by atoms with Gasteiger partial charge in [0, 0.05) is 6.20 Å². The van der Waals surface area contributed by atoms with Gasteiger partial charge in [0.15, 0.2) is 0 Å². The molecule has 0 aromatic carbocycles. The zero-order chi connectivity index (χ0) is 13.7. The molecule has 0 atom stereocenters. The summed E-state index contributed by atoms with van der Waals surface area (Å²) in [6, 6.07) is 7.24. The van der Waals surface area contributed by atoms with Crippen LogP contribution >= 0.6 is 0 Å². The van der Waals surface area contributed by atoms with E-state index in [9.17, 15) is 4.79 Å². The van der Waals surface area contributed by atoms with Crippen LogP contribution in [0.4, 0.5) is 5.82 Å². The van der Waals surface area contributed by atoms with Crippen molar-refractivity contribution in [2.75, 3.05) is 11.9 Å². The Hall–Kier alpha value is -2.30. The maximum Gasteiger partial charge on any atom is 0.339 e. The van der Waals surface area contributed by atoms with E-state index in [0.717, 1.165) is 11.5 Å². The van der Waals surface area contributed by atoms with Gasteiger partial charge in [0.2, 0.25) is 0 Å². The average molecular weight is 260 g/mol. The first-order valence-electron chi connectivity index (χ1n) is 6.11. The summed E-state index contributed by atoms with van der Waals surface area (Å²) in [6.45, 7) is 4.58. The number of nitrogens with one attached hydrogen (secondary N) is 1. The Morgan fingerprint density at radius 2 is 2.21 bits per heavy atom. The minimum atomic E-state index is -0.358. The van der Waals surface area contributed by atoms with Crippen LogP contribution < -0.4 is 5.32 Å². The molecule has 2 heterocycles. The van der Waals surface area contributed by atoms with E-state index < -0.39 is 0 Å². The zero-order valence-corrected chi connectivity index (χ0v) is 11.0. The van der Waals surface area contributed by atoms with E-state index in [1.807, 2.05) is 19.1 Å². The molecule has 0 aliphatic carbocycles. The highest BCUT2D eigenvalue weighted by molar-refractivity contribution is 5.89. The van der Waals surface area contributed by atoms with Gasteiger partial charge in [-0.25, -0.2) is 9.78 Å². The van der Waals surface area contributed by atoms with Crippen molar-refractivity contribution in [3.05, 3.63) is 47.5 Å². The third-order valence-corrected chi connectivity index (χ3v) is 2.51. The number of esters is 1. The van der Waals surface area contributed by atoms with Gasteiger partial charge in [-0.3, -0.25) is 0 Å². The molecule has 1 N–H and O–H groups in total. The minimum absolute atomic E-state index is 0.358. The molecule has 2 aromatic rings. The van der Waals surface area contributed by atoms with Crippen LogP contribution in [0.15, 0.2) is 34.9 Å². The number of furan rings is 1. The number of aromatic nitrogens is 1. The number of hydrogen-bond donors (Lipinski definition) is 1. The van der Waals surface area contributed by atoms with Crippen LogP contribution in [0, 0.1) is 6.92 Å². The predicted molar refractivity (Wildman–Crippen MR) is 71.0 cm³/mol. The maximum absolute atomic E-state index is 11.4. The van der Waals surface area contributed by atoms with Gasteiger partial charge in [-0.1, -0.05) is 0 Å². The summed E-state index contributed by atoms with van der Waals surface area (Å²) in [5.74, 6) is 2.04. The number of aryl methyl sites for hydroxylation is 1. The normalized spacial score (nSPS) is 10.2. The fourth-order valence-corrected chi connectivity index (χ4v) is 1.59. The van der Waals surface area contributed by atoms with Crippen molar-refractivity contribution in [2.45, 2.75) is 20.4 Å². The van der Waals surface area contributed by atoms with Crippen LogP contribution in [0.3, 0.4) is 0 Å². The molecule has 0 saturated heterocycles. The van der Waals surface area contributed by atoms with Crippen molar-refractivity contribution < 1.29 is 13.9 Å². The second-order valence-corrected chi connectivity index (χ2v) is 4.02. The van der Waals surface area contributed by atoms with Crippen molar-refractivity contribution >= 4 is 11.8 Å². The highest BCUT2D eigenvalue weighted by Gasteiger charge is 2.06. The number of nitrogens with zero attached hydrogens (tertiary/aromatic N) is 1. The summed E-state index contributed by atoms with van der Waals surface area (Å²) in [7, 11) is 0. The molecule has 100 valence electrons. The lowest BCUT2D eigenvalue weighted by Crippen LogP contribution is -2.06. The molecular formula is C14H16N2O3. The van der Waals surface area contributed by atoms with Crippen LogP contribution in [-0.2, 0) is 11.3 Å². The molecule has 0 saturated carbocycles. The lowest BCUT2D eigenvalue weighted by molar-refractivity contribution is 0.0526. The first-order valence-corrected chi connectivity index (χ1v) is 6.11. The van der Waals surface area contributed by atoms with Crippen LogP contribution in [0.2, 0.25) is 0 Å². The van der Waals surface area contributed by atoms with Gasteiger partial charge < -0.3 is 14.5 Å². The fraction of sp³-hybridized carbons (Fsp3) is 0.286. The molecule has 0 spiro atoms. The van der Waals surface area contributed by atoms with Gasteiger partial charge in [0.05, 0.1) is 18.7 Å². The van der Waals surface area contributed by atoms with E-state index in [1.54, 1.807) is 19.1 Å². The van der Waals surface area contributed by atoms with Crippen LogP contribution in [0.5, 0.6) is 0 Å². The van der Waals surface area contributed by atoms with Gasteiger partial charge in [0.25, 0.3) is 0 Å². The first-order chi connectivity index (χ1) is 9.19. The molecule has 2 aromatic heterocycles. The van der Waals surface area contributed by atoms with Crippen molar-refractivity contribution in [1.29, 1.82) is 0 Å². The summed E-state index contributed by atoms with van der Waals surface area (Å²) in [5.41, 5.74) is 0.446. The Kier molecular flexibility index (Phi) is 4.18. The molecule has 0 unspecified atom stereocenters. The Balaban J connectivity index is 1.93.